The Labute approximate surface area is 166 Å². The Hall–Kier alpha value is -2.83. The van der Waals surface area contributed by atoms with Gasteiger partial charge in [0.25, 0.3) is 0 Å². The van der Waals surface area contributed by atoms with Gasteiger partial charge in [0.1, 0.15) is 18.2 Å². The molecular formula is C21H18ClFN4O. The molecule has 1 aliphatic heterocycles. The van der Waals surface area contributed by atoms with E-state index in [1.165, 1.54) is 12.1 Å². The van der Waals surface area contributed by atoms with Crippen molar-refractivity contribution in [2.24, 2.45) is 0 Å². The highest BCUT2D eigenvalue weighted by Gasteiger charge is 2.20. The maximum atomic E-state index is 13.5. The summed E-state index contributed by atoms with van der Waals surface area (Å²) in [6.45, 7) is 2.85. The van der Waals surface area contributed by atoms with E-state index in [0.717, 1.165) is 53.2 Å². The topological polar surface area (TPSA) is 46.1 Å². The van der Waals surface area contributed by atoms with Gasteiger partial charge in [0.2, 0.25) is 0 Å². The van der Waals surface area contributed by atoms with E-state index in [4.69, 9.17) is 16.3 Å². The number of fused-ring (bicyclic) bond motifs is 2. The van der Waals surface area contributed by atoms with Crippen LogP contribution in [0, 0.1) is 5.82 Å². The van der Waals surface area contributed by atoms with Crippen molar-refractivity contribution in [3.8, 4) is 11.4 Å². The molecule has 0 saturated carbocycles. The number of halogens is 2. The van der Waals surface area contributed by atoms with Crippen molar-refractivity contribution in [1.29, 1.82) is 0 Å². The molecule has 28 heavy (non-hydrogen) atoms. The van der Waals surface area contributed by atoms with E-state index in [2.05, 4.69) is 21.2 Å². The number of ether oxygens (including phenoxy) is 1. The van der Waals surface area contributed by atoms with Gasteiger partial charge in [-0.05, 0) is 42.5 Å². The van der Waals surface area contributed by atoms with Crippen molar-refractivity contribution in [2.45, 2.75) is 13.1 Å². The molecule has 3 heterocycles. The van der Waals surface area contributed by atoms with Gasteiger partial charge in [0.05, 0.1) is 10.5 Å². The summed E-state index contributed by atoms with van der Waals surface area (Å²) in [5.74, 6) is 0.494. The molecule has 5 nitrogen and oxygen atoms in total. The molecule has 2 aromatic heterocycles. The summed E-state index contributed by atoms with van der Waals surface area (Å²) in [6, 6.07) is 12.7. The molecule has 5 rings (SSSR count). The van der Waals surface area contributed by atoms with Gasteiger partial charge in [-0.3, -0.25) is 10.00 Å². The van der Waals surface area contributed by atoms with E-state index < -0.39 is 0 Å². The fourth-order valence-corrected chi connectivity index (χ4v) is 4.02. The van der Waals surface area contributed by atoms with Crippen LogP contribution in [-0.4, -0.2) is 32.8 Å². The summed E-state index contributed by atoms with van der Waals surface area (Å²) in [4.78, 5) is 2.29. The molecule has 0 bridgehead atoms. The maximum Gasteiger partial charge on any atom is 0.142 e. The molecule has 7 heteroatoms. The Bertz CT molecular complexity index is 1140. The zero-order valence-electron chi connectivity index (χ0n) is 15.0. The SMILES string of the molecule is Fc1ccc2c(ccn2-c2cc(Cl)c3c(c2)CN(Cc2ccn[nH]2)CCO3)c1. The minimum Gasteiger partial charge on any atom is -0.490 e. The van der Waals surface area contributed by atoms with Gasteiger partial charge in [0.15, 0.2) is 0 Å². The van der Waals surface area contributed by atoms with Gasteiger partial charge in [0, 0.05) is 54.4 Å². The first-order valence-electron chi connectivity index (χ1n) is 9.10. The minimum absolute atomic E-state index is 0.243. The number of aromatic nitrogens is 3. The van der Waals surface area contributed by atoms with Crippen molar-refractivity contribution >= 4 is 22.5 Å². The van der Waals surface area contributed by atoms with Crippen LogP contribution in [-0.2, 0) is 13.1 Å². The van der Waals surface area contributed by atoms with Crippen LogP contribution in [0.5, 0.6) is 5.75 Å². The number of hydrogen-bond donors (Lipinski definition) is 1. The van der Waals surface area contributed by atoms with Crippen LogP contribution in [0.25, 0.3) is 16.6 Å². The van der Waals surface area contributed by atoms with Gasteiger partial charge in [-0.1, -0.05) is 11.6 Å². The Balaban J connectivity index is 1.53. The average Bonchev–Trinajstić information content (AvgIpc) is 3.27. The van der Waals surface area contributed by atoms with E-state index >= 15 is 0 Å². The number of rotatable bonds is 3. The first kappa shape index (κ1) is 17.3. The highest BCUT2D eigenvalue weighted by atomic mass is 35.5. The number of hydrogen-bond acceptors (Lipinski definition) is 3. The zero-order valence-corrected chi connectivity index (χ0v) is 15.8. The molecular weight excluding hydrogens is 379 g/mol. The Morgan fingerprint density at radius 3 is 2.96 bits per heavy atom. The van der Waals surface area contributed by atoms with E-state index in [9.17, 15) is 4.39 Å². The van der Waals surface area contributed by atoms with Crippen molar-refractivity contribution in [3.05, 3.63) is 77.0 Å². The second-order valence-corrected chi connectivity index (χ2v) is 7.35. The van der Waals surface area contributed by atoms with Crippen LogP contribution >= 0.6 is 11.6 Å². The molecule has 0 amide bonds. The van der Waals surface area contributed by atoms with E-state index in [1.807, 2.05) is 29.0 Å². The molecule has 0 fully saturated rings. The molecule has 0 unspecified atom stereocenters. The van der Waals surface area contributed by atoms with Crippen LogP contribution in [0.1, 0.15) is 11.3 Å². The normalized spacial score (nSPS) is 14.6. The molecule has 0 radical (unpaired) electrons. The second-order valence-electron chi connectivity index (χ2n) is 6.95. The lowest BCUT2D eigenvalue weighted by Crippen LogP contribution is -2.25. The van der Waals surface area contributed by atoms with Gasteiger partial charge in [-0.15, -0.1) is 0 Å². The Morgan fingerprint density at radius 1 is 1.18 bits per heavy atom. The van der Waals surface area contributed by atoms with Crippen LogP contribution in [0.4, 0.5) is 4.39 Å². The lowest BCUT2D eigenvalue weighted by atomic mass is 10.1. The molecule has 0 saturated heterocycles. The van der Waals surface area contributed by atoms with Crippen LogP contribution in [0.2, 0.25) is 5.02 Å². The van der Waals surface area contributed by atoms with Crippen LogP contribution in [0.15, 0.2) is 54.9 Å². The summed E-state index contributed by atoms with van der Waals surface area (Å²) in [5.41, 5.74) is 3.95. The predicted octanol–water partition coefficient (Wildman–Crippen LogP) is 4.54. The molecule has 2 aromatic carbocycles. The predicted molar refractivity (Wildman–Crippen MR) is 106 cm³/mol. The summed E-state index contributed by atoms with van der Waals surface area (Å²) in [7, 11) is 0. The molecule has 4 aromatic rings. The molecule has 0 atom stereocenters. The van der Waals surface area contributed by atoms with Crippen molar-refractivity contribution in [2.75, 3.05) is 13.2 Å². The molecule has 0 spiro atoms. The quantitative estimate of drug-likeness (QED) is 0.553. The molecule has 0 aliphatic carbocycles. The second kappa shape index (κ2) is 6.96. The zero-order chi connectivity index (χ0) is 19.1. The third-order valence-corrected chi connectivity index (χ3v) is 5.32. The third-order valence-electron chi connectivity index (χ3n) is 5.04. The first-order valence-corrected chi connectivity index (χ1v) is 9.48. The summed E-state index contributed by atoms with van der Waals surface area (Å²) in [5, 5.41) is 8.46. The summed E-state index contributed by atoms with van der Waals surface area (Å²) < 4.78 is 21.5. The number of H-pyrrole nitrogens is 1. The van der Waals surface area contributed by atoms with Gasteiger partial charge in [-0.25, -0.2) is 4.39 Å². The molecule has 1 N–H and O–H groups in total. The Morgan fingerprint density at radius 2 is 2.11 bits per heavy atom. The highest BCUT2D eigenvalue weighted by Crippen LogP contribution is 2.35. The largest absolute Gasteiger partial charge is 0.490 e. The lowest BCUT2D eigenvalue weighted by molar-refractivity contribution is 0.218. The summed E-state index contributed by atoms with van der Waals surface area (Å²) in [6.07, 6.45) is 3.69. The lowest BCUT2D eigenvalue weighted by Gasteiger charge is -2.18. The van der Waals surface area contributed by atoms with Crippen LogP contribution in [0.3, 0.4) is 0 Å². The third kappa shape index (κ3) is 3.15. The minimum atomic E-state index is -0.243. The fraction of sp³-hybridized carbons (Fsp3) is 0.190. The first-order chi connectivity index (χ1) is 13.7. The number of aromatic amines is 1. The van der Waals surface area contributed by atoms with Gasteiger partial charge >= 0.3 is 0 Å². The maximum absolute atomic E-state index is 13.5. The highest BCUT2D eigenvalue weighted by molar-refractivity contribution is 6.32. The van der Waals surface area contributed by atoms with Crippen molar-refractivity contribution < 1.29 is 9.13 Å². The number of nitrogens with zero attached hydrogens (tertiary/aromatic N) is 3. The monoisotopic (exact) mass is 396 g/mol. The average molecular weight is 397 g/mol. The fourth-order valence-electron chi connectivity index (χ4n) is 3.74. The molecule has 142 valence electrons. The van der Waals surface area contributed by atoms with Crippen LogP contribution < -0.4 is 4.74 Å². The van der Waals surface area contributed by atoms with Crippen molar-refractivity contribution in [3.63, 3.8) is 0 Å². The Kier molecular flexibility index (Phi) is 4.30. The number of benzene rings is 2. The molecule has 1 aliphatic rings. The van der Waals surface area contributed by atoms with E-state index in [1.54, 1.807) is 12.3 Å². The summed E-state index contributed by atoms with van der Waals surface area (Å²) >= 11 is 6.57. The van der Waals surface area contributed by atoms with Gasteiger partial charge in [-0.2, -0.15) is 5.10 Å². The smallest absolute Gasteiger partial charge is 0.142 e. The van der Waals surface area contributed by atoms with E-state index in [0.29, 0.717) is 11.6 Å². The standard InChI is InChI=1S/C21H18ClFN4O/c22-19-11-18(27-6-4-14-9-16(23)1-2-20(14)27)10-15-12-26(7-8-28-21(15)19)13-17-3-5-24-25-17/h1-6,9-11H,7-8,12-13H2,(H,24,25). The van der Waals surface area contributed by atoms with Gasteiger partial charge < -0.3 is 9.30 Å². The van der Waals surface area contributed by atoms with Crippen molar-refractivity contribution in [1.82, 2.24) is 19.7 Å². The number of nitrogens with one attached hydrogen (secondary N) is 1. The van der Waals surface area contributed by atoms with E-state index in [-0.39, 0.29) is 5.82 Å².